The molecule has 2 N–H and O–H groups in total. The first-order chi connectivity index (χ1) is 14.1. The van der Waals surface area contributed by atoms with Crippen LogP contribution < -0.4 is 10.6 Å². The Bertz CT molecular complexity index is 802. The van der Waals surface area contributed by atoms with Crippen molar-refractivity contribution < 1.29 is 19.1 Å². The molecule has 0 spiro atoms. The van der Waals surface area contributed by atoms with Crippen LogP contribution in [0.3, 0.4) is 0 Å². The maximum absolute atomic E-state index is 12.9. The number of thiophene rings is 1. The molecule has 2 fully saturated rings. The van der Waals surface area contributed by atoms with Crippen molar-refractivity contribution in [2.24, 2.45) is 5.92 Å². The number of rotatable bonds is 8. The first kappa shape index (κ1) is 20.3. The van der Waals surface area contributed by atoms with Crippen LogP contribution >= 0.6 is 11.3 Å². The Kier molecular flexibility index (Phi) is 6.20. The number of carbonyl (C=O) groups is 3. The summed E-state index contributed by atoms with van der Waals surface area (Å²) >= 11 is 1.53. The first-order valence-corrected chi connectivity index (χ1v) is 11.4. The zero-order valence-electron chi connectivity index (χ0n) is 16.9. The van der Waals surface area contributed by atoms with Gasteiger partial charge in [0.25, 0.3) is 5.91 Å². The van der Waals surface area contributed by atoms with Gasteiger partial charge in [0, 0.05) is 44.1 Å². The second-order valence-corrected chi connectivity index (χ2v) is 9.29. The average Bonchev–Trinajstić information content (AvgIpc) is 3.38. The van der Waals surface area contributed by atoms with Crippen molar-refractivity contribution in [2.75, 3.05) is 32.1 Å². The van der Waals surface area contributed by atoms with Crippen molar-refractivity contribution in [3.63, 3.8) is 0 Å². The third kappa shape index (κ3) is 4.48. The number of carbonyl (C=O) groups excluding carboxylic acids is 3. The molecule has 7 nitrogen and oxygen atoms in total. The Hall–Kier alpha value is -1.93. The van der Waals surface area contributed by atoms with Gasteiger partial charge in [-0.25, -0.2) is 0 Å². The van der Waals surface area contributed by atoms with E-state index in [1.807, 2.05) is 4.90 Å². The van der Waals surface area contributed by atoms with Gasteiger partial charge in [0.05, 0.1) is 11.5 Å². The second-order valence-electron chi connectivity index (χ2n) is 8.18. The number of anilines is 1. The van der Waals surface area contributed by atoms with Gasteiger partial charge in [0.2, 0.25) is 11.8 Å². The SMILES string of the molecule is COCCCNC(=O)c1c(NC(=O)C2CC(=O)N(C3CC3)C2)sc2c1CCCC2. The summed E-state index contributed by atoms with van der Waals surface area (Å²) in [7, 11) is 1.64. The van der Waals surface area contributed by atoms with Gasteiger partial charge in [-0.05, 0) is 50.5 Å². The minimum atomic E-state index is -0.333. The maximum Gasteiger partial charge on any atom is 0.254 e. The second kappa shape index (κ2) is 8.83. The first-order valence-electron chi connectivity index (χ1n) is 10.6. The van der Waals surface area contributed by atoms with Gasteiger partial charge in [0.1, 0.15) is 5.00 Å². The predicted molar refractivity (Wildman–Crippen MR) is 111 cm³/mol. The number of nitrogens with one attached hydrogen (secondary N) is 2. The monoisotopic (exact) mass is 419 g/mol. The Labute approximate surface area is 175 Å². The van der Waals surface area contributed by atoms with Crippen LogP contribution in [0.5, 0.6) is 0 Å². The van der Waals surface area contributed by atoms with Crippen LogP contribution in [0.1, 0.15) is 59.3 Å². The van der Waals surface area contributed by atoms with Crippen LogP contribution in [-0.2, 0) is 27.2 Å². The Morgan fingerprint density at radius 1 is 1.24 bits per heavy atom. The number of hydrogen-bond donors (Lipinski definition) is 2. The predicted octanol–water partition coefficient (Wildman–Crippen LogP) is 2.34. The highest BCUT2D eigenvalue weighted by Crippen LogP contribution is 2.39. The zero-order valence-corrected chi connectivity index (χ0v) is 17.7. The fourth-order valence-corrected chi connectivity index (χ4v) is 5.55. The molecule has 0 aromatic carbocycles. The van der Waals surface area contributed by atoms with Crippen molar-refractivity contribution >= 4 is 34.1 Å². The molecule has 29 heavy (non-hydrogen) atoms. The van der Waals surface area contributed by atoms with Crippen molar-refractivity contribution in [3.05, 3.63) is 16.0 Å². The summed E-state index contributed by atoms with van der Waals surface area (Å²) in [6, 6.07) is 0.336. The molecule has 1 atom stereocenters. The number of hydrogen-bond acceptors (Lipinski definition) is 5. The summed E-state index contributed by atoms with van der Waals surface area (Å²) in [5, 5.41) is 6.61. The molecule has 3 amide bonds. The number of aryl methyl sites for hydroxylation is 1. The van der Waals surface area contributed by atoms with E-state index in [1.165, 1.54) is 16.2 Å². The van der Waals surface area contributed by atoms with E-state index >= 15 is 0 Å². The van der Waals surface area contributed by atoms with Crippen molar-refractivity contribution in [1.29, 1.82) is 0 Å². The number of nitrogens with zero attached hydrogens (tertiary/aromatic N) is 1. The maximum atomic E-state index is 12.9. The molecule has 1 aromatic heterocycles. The van der Waals surface area contributed by atoms with Gasteiger partial charge in [-0.15, -0.1) is 11.3 Å². The third-order valence-electron chi connectivity index (χ3n) is 5.96. The summed E-state index contributed by atoms with van der Waals surface area (Å²) in [6.07, 6.45) is 7.12. The molecular formula is C21H29N3O4S. The molecule has 8 heteroatoms. The van der Waals surface area contributed by atoms with E-state index in [2.05, 4.69) is 10.6 Å². The number of ether oxygens (including phenoxy) is 1. The van der Waals surface area contributed by atoms with Crippen LogP contribution in [0, 0.1) is 5.92 Å². The van der Waals surface area contributed by atoms with Crippen LogP contribution in [0.15, 0.2) is 0 Å². The fourth-order valence-electron chi connectivity index (χ4n) is 4.26. The van der Waals surface area contributed by atoms with E-state index in [0.29, 0.717) is 36.3 Å². The molecule has 1 unspecified atom stereocenters. The number of methoxy groups -OCH3 is 1. The topological polar surface area (TPSA) is 87.7 Å². The quantitative estimate of drug-likeness (QED) is 0.633. The van der Waals surface area contributed by atoms with Crippen LogP contribution in [0.25, 0.3) is 0 Å². The minimum Gasteiger partial charge on any atom is -0.385 e. The van der Waals surface area contributed by atoms with E-state index in [-0.39, 0.29) is 30.1 Å². The van der Waals surface area contributed by atoms with Crippen molar-refractivity contribution in [2.45, 2.75) is 57.4 Å². The Morgan fingerprint density at radius 3 is 2.79 bits per heavy atom. The smallest absolute Gasteiger partial charge is 0.254 e. The molecule has 0 radical (unpaired) electrons. The average molecular weight is 420 g/mol. The summed E-state index contributed by atoms with van der Waals surface area (Å²) < 4.78 is 5.04. The fraction of sp³-hybridized carbons (Fsp3) is 0.667. The van der Waals surface area contributed by atoms with Gasteiger partial charge >= 0.3 is 0 Å². The van der Waals surface area contributed by atoms with Crippen LogP contribution in [0.4, 0.5) is 5.00 Å². The molecule has 2 heterocycles. The molecule has 4 rings (SSSR count). The number of amides is 3. The van der Waals surface area contributed by atoms with E-state index in [0.717, 1.165) is 50.5 Å². The van der Waals surface area contributed by atoms with Crippen LogP contribution in [0.2, 0.25) is 0 Å². The van der Waals surface area contributed by atoms with Gasteiger partial charge in [-0.3, -0.25) is 14.4 Å². The highest BCUT2D eigenvalue weighted by atomic mass is 32.1. The normalized spacial score (nSPS) is 21.2. The van der Waals surface area contributed by atoms with Gasteiger partial charge in [-0.2, -0.15) is 0 Å². The van der Waals surface area contributed by atoms with Gasteiger partial charge in [0.15, 0.2) is 0 Å². The largest absolute Gasteiger partial charge is 0.385 e. The molecule has 1 aliphatic heterocycles. The number of likely N-dealkylation sites (tertiary alicyclic amines) is 1. The van der Waals surface area contributed by atoms with E-state index < -0.39 is 0 Å². The standard InChI is InChI=1S/C21H29N3O4S/c1-28-10-4-9-22-20(27)18-15-5-2-3-6-16(15)29-21(18)23-19(26)13-11-17(25)24(12-13)14-7-8-14/h13-14H,2-12H2,1H3,(H,22,27)(H,23,26). The van der Waals surface area contributed by atoms with Crippen molar-refractivity contribution in [1.82, 2.24) is 10.2 Å². The molecule has 1 saturated carbocycles. The lowest BCUT2D eigenvalue weighted by Gasteiger charge is -2.15. The van der Waals surface area contributed by atoms with Crippen LogP contribution in [-0.4, -0.2) is 55.5 Å². The molecule has 0 bridgehead atoms. The minimum absolute atomic E-state index is 0.0780. The summed E-state index contributed by atoms with van der Waals surface area (Å²) in [4.78, 5) is 41.1. The third-order valence-corrected chi connectivity index (χ3v) is 7.17. The highest BCUT2D eigenvalue weighted by Gasteiger charge is 2.42. The summed E-state index contributed by atoms with van der Waals surface area (Å²) in [5.74, 6) is -0.527. The Balaban J connectivity index is 1.47. The summed E-state index contributed by atoms with van der Waals surface area (Å²) in [6.45, 7) is 1.63. The molecule has 1 saturated heterocycles. The van der Waals surface area contributed by atoms with E-state index in [1.54, 1.807) is 7.11 Å². The molecular weight excluding hydrogens is 390 g/mol. The summed E-state index contributed by atoms with van der Waals surface area (Å²) in [5.41, 5.74) is 1.71. The molecule has 3 aliphatic rings. The number of fused-ring (bicyclic) bond motifs is 1. The molecule has 158 valence electrons. The van der Waals surface area contributed by atoms with Crippen molar-refractivity contribution in [3.8, 4) is 0 Å². The lowest BCUT2D eigenvalue weighted by Crippen LogP contribution is -2.30. The highest BCUT2D eigenvalue weighted by molar-refractivity contribution is 7.17. The lowest BCUT2D eigenvalue weighted by molar-refractivity contribution is -0.128. The zero-order chi connectivity index (χ0) is 20.4. The van der Waals surface area contributed by atoms with Gasteiger partial charge < -0.3 is 20.3 Å². The van der Waals surface area contributed by atoms with E-state index in [9.17, 15) is 14.4 Å². The Morgan fingerprint density at radius 2 is 2.03 bits per heavy atom. The molecule has 1 aromatic rings. The molecule has 2 aliphatic carbocycles. The van der Waals surface area contributed by atoms with Gasteiger partial charge in [-0.1, -0.05) is 0 Å². The lowest BCUT2D eigenvalue weighted by atomic mass is 9.95. The van der Waals surface area contributed by atoms with E-state index in [4.69, 9.17) is 4.74 Å².